The van der Waals surface area contributed by atoms with Crippen LogP contribution < -0.4 is 4.74 Å². The largest absolute Gasteiger partial charge is 0.494 e. The van der Waals surface area contributed by atoms with Crippen molar-refractivity contribution in [3.05, 3.63) is 29.6 Å². The first kappa shape index (κ1) is 15.9. The molecule has 0 saturated carbocycles. The highest BCUT2D eigenvalue weighted by molar-refractivity contribution is 5.29. The monoisotopic (exact) mass is 269 g/mol. The summed E-state index contributed by atoms with van der Waals surface area (Å²) in [6.45, 7) is 7.20. The van der Waals surface area contributed by atoms with Crippen LogP contribution in [0.3, 0.4) is 0 Å². The standard InChI is InChI=1S/C15H24FNO2/c1-11(18)15(2,3)10-17(4)9-12-6-7-14(19-5)13(16)8-12/h6-8,11,18H,9-10H2,1-5H3. The van der Waals surface area contributed by atoms with E-state index in [9.17, 15) is 9.50 Å². The summed E-state index contributed by atoms with van der Waals surface area (Å²) in [4.78, 5) is 2.08. The van der Waals surface area contributed by atoms with E-state index in [-0.39, 0.29) is 23.1 Å². The summed E-state index contributed by atoms with van der Waals surface area (Å²) in [6, 6.07) is 4.98. The van der Waals surface area contributed by atoms with Crippen LogP contribution in [0.15, 0.2) is 18.2 Å². The Labute approximate surface area is 115 Å². The van der Waals surface area contributed by atoms with Gasteiger partial charge >= 0.3 is 0 Å². The molecule has 0 spiro atoms. The number of ether oxygens (including phenoxy) is 1. The molecule has 0 radical (unpaired) electrons. The second kappa shape index (κ2) is 6.35. The molecule has 1 aromatic rings. The van der Waals surface area contributed by atoms with Crippen molar-refractivity contribution in [1.29, 1.82) is 0 Å². The van der Waals surface area contributed by atoms with Crippen molar-refractivity contribution < 1.29 is 14.2 Å². The molecule has 0 amide bonds. The van der Waals surface area contributed by atoms with E-state index in [1.807, 2.05) is 27.0 Å². The molecule has 0 aromatic heterocycles. The second-order valence-corrected chi connectivity index (χ2v) is 5.81. The molecule has 0 aliphatic carbocycles. The molecule has 4 heteroatoms. The maximum Gasteiger partial charge on any atom is 0.165 e. The van der Waals surface area contributed by atoms with Crippen molar-refractivity contribution in [3.63, 3.8) is 0 Å². The van der Waals surface area contributed by atoms with E-state index in [1.54, 1.807) is 13.0 Å². The number of benzene rings is 1. The minimum Gasteiger partial charge on any atom is -0.494 e. The lowest BCUT2D eigenvalue weighted by Gasteiger charge is -2.32. The maximum absolute atomic E-state index is 13.6. The van der Waals surface area contributed by atoms with Gasteiger partial charge in [0.25, 0.3) is 0 Å². The summed E-state index contributed by atoms with van der Waals surface area (Å²) in [5, 5.41) is 9.70. The van der Waals surface area contributed by atoms with Gasteiger partial charge in [-0.25, -0.2) is 4.39 Å². The fraction of sp³-hybridized carbons (Fsp3) is 0.600. The molecule has 108 valence electrons. The lowest BCUT2D eigenvalue weighted by Crippen LogP contribution is -2.38. The normalized spacial score (nSPS) is 13.7. The zero-order valence-electron chi connectivity index (χ0n) is 12.4. The molecular weight excluding hydrogens is 245 g/mol. The highest BCUT2D eigenvalue weighted by Crippen LogP contribution is 2.23. The topological polar surface area (TPSA) is 32.7 Å². The fourth-order valence-corrected chi connectivity index (χ4v) is 2.00. The van der Waals surface area contributed by atoms with E-state index in [1.165, 1.54) is 13.2 Å². The first-order valence-corrected chi connectivity index (χ1v) is 6.45. The van der Waals surface area contributed by atoms with Gasteiger partial charge in [-0.3, -0.25) is 0 Å². The van der Waals surface area contributed by atoms with E-state index in [0.29, 0.717) is 6.54 Å². The van der Waals surface area contributed by atoms with Gasteiger partial charge in [-0.15, -0.1) is 0 Å². The van der Waals surface area contributed by atoms with Crippen LogP contribution in [0, 0.1) is 11.2 Å². The number of methoxy groups -OCH3 is 1. The number of halogens is 1. The van der Waals surface area contributed by atoms with Crippen molar-refractivity contribution in [2.75, 3.05) is 20.7 Å². The number of hydrogen-bond acceptors (Lipinski definition) is 3. The van der Waals surface area contributed by atoms with Gasteiger partial charge in [0.05, 0.1) is 13.2 Å². The molecule has 0 fully saturated rings. The molecule has 0 heterocycles. The SMILES string of the molecule is COc1ccc(CN(C)CC(C)(C)C(C)O)cc1F. The van der Waals surface area contributed by atoms with Gasteiger partial charge in [-0.1, -0.05) is 19.9 Å². The summed E-state index contributed by atoms with van der Waals surface area (Å²) in [6.07, 6.45) is -0.387. The van der Waals surface area contributed by atoms with Crippen LogP contribution in [0.2, 0.25) is 0 Å². The lowest BCUT2D eigenvalue weighted by molar-refractivity contribution is 0.0391. The number of nitrogens with zero attached hydrogens (tertiary/aromatic N) is 1. The Morgan fingerprint density at radius 2 is 2.05 bits per heavy atom. The summed E-state index contributed by atoms with van der Waals surface area (Å²) in [5.74, 6) is -0.0844. The average molecular weight is 269 g/mol. The number of rotatable bonds is 6. The van der Waals surface area contributed by atoms with Gasteiger partial charge in [-0.2, -0.15) is 0 Å². The van der Waals surface area contributed by atoms with Crippen LogP contribution in [-0.2, 0) is 6.54 Å². The van der Waals surface area contributed by atoms with Crippen molar-refractivity contribution in [1.82, 2.24) is 4.90 Å². The summed E-state index contributed by atoms with van der Waals surface area (Å²) >= 11 is 0. The molecule has 19 heavy (non-hydrogen) atoms. The Morgan fingerprint density at radius 3 is 2.53 bits per heavy atom. The summed E-state index contributed by atoms with van der Waals surface area (Å²) in [7, 11) is 3.42. The van der Waals surface area contributed by atoms with Crippen LogP contribution in [0.1, 0.15) is 26.3 Å². The number of aliphatic hydroxyl groups is 1. The van der Waals surface area contributed by atoms with Crippen molar-refractivity contribution in [2.24, 2.45) is 5.41 Å². The second-order valence-electron chi connectivity index (χ2n) is 5.81. The van der Waals surface area contributed by atoms with E-state index in [0.717, 1.165) is 12.1 Å². The molecule has 0 aliphatic heterocycles. The molecule has 0 bridgehead atoms. The van der Waals surface area contributed by atoms with Crippen molar-refractivity contribution >= 4 is 0 Å². The Balaban J connectivity index is 2.67. The van der Waals surface area contributed by atoms with E-state index >= 15 is 0 Å². The van der Waals surface area contributed by atoms with Gasteiger partial charge in [-0.05, 0) is 31.7 Å². The lowest BCUT2D eigenvalue weighted by atomic mass is 9.87. The third-order valence-electron chi connectivity index (χ3n) is 3.48. The first-order valence-electron chi connectivity index (χ1n) is 6.45. The zero-order chi connectivity index (χ0) is 14.6. The molecule has 1 unspecified atom stereocenters. The number of aliphatic hydroxyl groups excluding tert-OH is 1. The van der Waals surface area contributed by atoms with Crippen LogP contribution in [0.4, 0.5) is 4.39 Å². The number of hydrogen-bond donors (Lipinski definition) is 1. The van der Waals surface area contributed by atoms with Gasteiger partial charge < -0.3 is 14.7 Å². The minimum atomic E-state index is -0.387. The molecule has 3 nitrogen and oxygen atoms in total. The van der Waals surface area contributed by atoms with Gasteiger partial charge in [0, 0.05) is 18.5 Å². The van der Waals surface area contributed by atoms with Gasteiger partial charge in [0.15, 0.2) is 11.6 Å². The predicted octanol–water partition coefficient (Wildman–Crippen LogP) is 2.67. The Bertz CT molecular complexity index is 419. The maximum atomic E-state index is 13.6. The third kappa shape index (κ3) is 4.48. The van der Waals surface area contributed by atoms with Crippen molar-refractivity contribution in [2.45, 2.75) is 33.4 Å². The fourth-order valence-electron chi connectivity index (χ4n) is 2.00. The van der Waals surface area contributed by atoms with Crippen LogP contribution in [0.5, 0.6) is 5.75 Å². The highest BCUT2D eigenvalue weighted by Gasteiger charge is 2.25. The Morgan fingerprint density at radius 1 is 1.42 bits per heavy atom. The Kier molecular flexibility index (Phi) is 5.32. The molecule has 1 N–H and O–H groups in total. The molecule has 0 saturated heterocycles. The molecular formula is C15H24FNO2. The van der Waals surface area contributed by atoms with E-state index < -0.39 is 0 Å². The average Bonchev–Trinajstić information content (AvgIpc) is 2.28. The van der Waals surface area contributed by atoms with Gasteiger partial charge in [0.1, 0.15) is 0 Å². The van der Waals surface area contributed by atoms with Crippen LogP contribution in [0.25, 0.3) is 0 Å². The van der Waals surface area contributed by atoms with E-state index in [2.05, 4.69) is 4.90 Å². The van der Waals surface area contributed by atoms with E-state index in [4.69, 9.17) is 4.74 Å². The molecule has 1 atom stereocenters. The van der Waals surface area contributed by atoms with Crippen molar-refractivity contribution in [3.8, 4) is 5.75 Å². The molecule has 0 aliphatic rings. The van der Waals surface area contributed by atoms with Crippen LogP contribution >= 0.6 is 0 Å². The molecule has 1 aromatic carbocycles. The predicted molar refractivity (Wildman–Crippen MR) is 74.7 cm³/mol. The van der Waals surface area contributed by atoms with Crippen LogP contribution in [-0.4, -0.2) is 36.8 Å². The summed E-state index contributed by atoms with van der Waals surface area (Å²) < 4.78 is 18.5. The quantitative estimate of drug-likeness (QED) is 0.862. The minimum absolute atomic E-state index is 0.195. The smallest absolute Gasteiger partial charge is 0.165 e. The molecule has 1 rings (SSSR count). The first-order chi connectivity index (χ1) is 8.76. The summed E-state index contributed by atoms with van der Waals surface area (Å²) in [5.41, 5.74) is 0.696. The van der Waals surface area contributed by atoms with Gasteiger partial charge in [0.2, 0.25) is 0 Å². The third-order valence-corrected chi connectivity index (χ3v) is 3.48. The highest BCUT2D eigenvalue weighted by atomic mass is 19.1. The zero-order valence-corrected chi connectivity index (χ0v) is 12.4. The Hall–Kier alpha value is -1.13.